The first-order valence-electron chi connectivity index (χ1n) is 7.00. The number of likely N-dealkylation sites (tertiary alicyclic amines) is 1. The van der Waals surface area contributed by atoms with Crippen LogP contribution in [0.25, 0.3) is 0 Å². The first-order valence-corrected chi connectivity index (χ1v) is 7.00. The third kappa shape index (κ3) is 1.99. The standard InChI is InChI=1S/C16H20N2O/c1-17-9-5-6-12(17)10-14-13-7-3-4-8-15(13)18(2)16(14)11-19/h3-4,7-8,12,14H,5-6,9-10H2,1-2H3. The number of benzene rings is 1. The molecule has 0 spiro atoms. The van der Waals surface area contributed by atoms with Crippen molar-refractivity contribution in [1.29, 1.82) is 0 Å². The van der Waals surface area contributed by atoms with Crippen molar-refractivity contribution in [3.8, 4) is 0 Å². The van der Waals surface area contributed by atoms with Gasteiger partial charge < -0.3 is 9.80 Å². The monoisotopic (exact) mass is 256 g/mol. The maximum Gasteiger partial charge on any atom is 0.146 e. The number of allylic oxidation sites excluding steroid dienone is 1. The summed E-state index contributed by atoms with van der Waals surface area (Å²) in [5, 5.41) is 0. The molecule has 1 saturated heterocycles. The molecule has 3 nitrogen and oxygen atoms in total. The first-order chi connectivity index (χ1) is 9.22. The van der Waals surface area contributed by atoms with Gasteiger partial charge in [0.25, 0.3) is 0 Å². The molecule has 2 aliphatic rings. The second-order valence-corrected chi connectivity index (χ2v) is 5.67. The molecule has 2 aliphatic heterocycles. The Balaban J connectivity index is 1.93. The van der Waals surface area contributed by atoms with Crippen molar-refractivity contribution in [3.05, 3.63) is 35.5 Å². The number of hydrogen-bond acceptors (Lipinski definition) is 3. The topological polar surface area (TPSA) is 23.6 Å². The van der Waals surface area contributed by atoms with Gasteiger partial charge in [-0.2, -0.15) is 0 Å². The highest BCUT2D eigenvalue weighted by Crippen LogP contribution is 2.44. The zero-order valence-electron chi connectivity index (χ0n) is 11.6. The van der Waals surface area contributed by atoms with Crippen molar-refractivity contribution in [1.82, 2.24) is 4.90 Å². The molecule has 100 valence electrons. The summed E-state index contributed by atoms with van der Waals surface area (Å²) in [5.41, 5.74) is 3.23. The molecule has 2 heterocycles. The minimum Gasteiger partial charge on any atom is -0.338 e. The third-order valence-corrected chi connectivity index (χ3v) is 4.65. The Morgan fingerprint density at radius 2 is 2.11 bits per heavy atom. The lowest BCUT2D eigenvalue weighted by Crippen LogP contribution is -2.27. The Morgan fingerprint density at radius 3 is 2.79 bits per heavy atom. The van der Waals surface area contributed by atoms with Gasteiger partial charge in [0.1, 0.15) is 11.6 Å². The molecular formula is C16H20N2O. The summed E-state index contributed by atoms with van der Waals surface area (Å²) in [6.45, 7) is 1.18. The van der Waals surface area contributed by atoms with Crippen LogP contribution >= 0.6 is 0 Å². The maximum absolute atomic E-state index is 11.3. The number of rotatable bonds is 2. The predicted octanol–water partition coefficient (Wildman–Crippen LogP) is 2.42. The minimum absolute atomic E-state index is 0.212. The van der Waals surface area contributed by atoms with Gasteiger partial charge in [-0.05, 0) is 44.5 Å². The van der Waals surface area contributed by atoms with Crippen LogP contribution in [-0.4, -0.2) is 37.5 Å². The Hall–Kier alpha value is -1.57. The van der Waals surface area contributed by atoms with E-state index in [4.69, 9.17) is 0 Å². The van der Waals surface area contributed by atoms with E-state index in [-0.39, 0.29) is 5.92 Å². The van der Waals surface area contributed by atoms with E-state index < -0.39 is 0 Å². The van der Waals surface area contributed by atoms with Gasteiger partial charge in [0.05, 0.1) is 0 Å². The largest absolute Gasteiger partial charge is 0.338 e. The molecule has 0 bridgehead atoms. The highest BCUT2D eigenvalue weighted by molar-refractivity contribution is 5.75. The van der Waals surface area contributed by atoms with E-state index in [1.165, 1.54) is 24.9 Å². The Labute approximate surface area is 114 Å². The van der Waals surface area contributed by atoms with E-state index in [2.05, 4.69) is 36.1 Å². The van der Waals surface area contributed by atoms with Crippen LogP contribution in [-0.2, 0) is 4.79 Å². The van der Waals surface area contributed by atoms with Gasteiger partial charge in [-0.15, -0.1) is 0 Å². The predicted molar refractivity (Wildman–Crippen MR) is 77.1 cm³/mol. The Morgan fingerprint density at radius 1 is 1.32 bits per heavy atom. The number of anilines is 1. The van der Waals surface area contributed by atoms with Gasteiger partial charge in [0, 0.05) is 24.7 Å². The van der Waals surface area contributed by atoms with Gasteiger partial charge in [-0.1, -0.05) is 18.2 Å². The average molecular weight is 256 g/mol. The molecule has 0 N–H and O–H groups in total. The first kappa shape index (κ1) is 12.5. The van der Waals surface area contributed by atoms with Crippen LogP contribution in [0, 0.1) is 0 Å². The smallest absolute Gasteiger partial charge is 0.146 e. The van der Waals surface area contributed by atoms with Crippen molar-refractivity contribution in [3.63, 3.8) is 0 Å². The molecule has 19 heavy (non-hydrogen) atoms. The van der Waals surface area contributed by atoms with Crippen LogP contribution in [0.15, 0.2) is 30.0 Å². The minimum atomic E-state index is 0.212. The lowest BCUT2D eigenvalue weighted by atomic mass is 9.91. The molecule has 0 radical (unpaired) electrons. The van der Waals surface area contributed by atoms with Gasteiger partial charge in [0.2, 0.25) is 0 Å². The normalized spacial score (nSPS) is 26.6. The van der Waals surface area contributed by atoms with E-state index in [0.717, 1.165) is 17.8 Å². The second kappa shape index (κ2) is 4.84. The number of likely N-dealkylation sites (N-methyl/N-ethyl adjacent to an activating group) is 1. The van der Waals surface area contributed by atoms with E-state index in [1.54, 1.807) is 0 Å². The van der Waals surface area contributed by atoms with E-state index in [1.807, 2.05) is 18.0 Å². The van der Waals surface area contributed by atoms with Gasteiger partial charge in [-0.3, -0.25) is 0 Å². The molecule has 0 amide bonds. The van der Waals surface area contributed by atoms with Crippen LogP contribution in [0.5, 0.6) is 0 Å². The van der Waals surface area contributed by atoms with Crippen LogP contribution in [0.4, 0.5) is 5.69 Å². The quantitative estimate of drug-likeness (QED) is 0.759. The van der Waals surface area contributed by atoms with Crippen molar-refractivity contribution >= 4 is 11.6 Å². The van der Waals surface area contributed by atoms with Crippen LogP contribution < -0.4 is 4.90 Å². The number of carbonyl (C=O) groups excluding carboxylic acids is 1. The van der Waals surface area contributed by atoms with Gasteiger partial charge >= 0.3 is 0 Å². The highest BCUT2D eigenvalue weighted by atomic mass is 16.1. The van der Waals surface area contributed by atoms with E-state index in [0.29, 0.717) is 6.04 Å². The van der Waals surface area contributed by atoms with Crippen molar-refractivity contribution in [2.75, 3.05) is 25.5 Å². The fraction of sp³-hybridized carbons (Fsp3) is 0.500. The summed E-state index contributed by atoms with van der Waals surface area (Å²) in [7, 11) is 4.16. The van der Waals surface area contributed by atoms with Crippen molar-refractivity contribution < 1.29 is 4.79 Å². The van der Waals surface area contributed by atoms with Gasteiger partial charge in [0.15, 0.2) is 0 Å². The van der Waals surface area contributed by atoms with Crippen LogP contribution in [0.1, 0.15) is 30.7 Å². The van der Waals surface area contributed by atoms with Crippen molar-refractivity contribution in [2.24, 2.45) is 0 Å². The fourth-order valence-corrected chi connectivity index (χ4v) is 3.53. The number of para-hydroxylation sites is 1. The van der Waals surface area contributed by atoms with Crippen LogP contribution in [0.3, 0.4) is 0 Å². The van der Waals surface area contributed by atoms with E-state index >= 15 is 0 Å². The highest BCUT2D eigenvalue weighted by Gasteiger charge is 2.35. The fourth-order valence-electron chi connectivity index (χ4n) is 3.53. The maximum atomic E-state index is 11.3. The molecular weight excluding hydrogens is 236 g/mol. The van der Waals surface area contributed by atoms with Gasteiger partial charge in [-0.25, -0.2) is 4.79 Å². The summed E-state index contributed by atoms with van der Waals surface area (Å²) in [6.07, 6.45) is 3.54. The molecule has 2 unspecified atom stereocenters. The SMILES string of the molecule is CN1C(=C=O)C(CC2CCCN2C)c2ccccc21. The third-order valence-electron chi connectivity index (χ3n) is 4.65. The lowest BCUT2D eigenvalue weighted by Gasteiger charge is -2.23. The summed E-state index contributed by atoms with van der Waals surface area (Å²) < 4.78 is 0. The van der Waals surface area contributed by atoms with Crippen molar-refractivity contribution in [2.45, 2.75) is 31.2 Å². The molecule has 2 atom stereocenters. The molecule has 3 rings (SSSR count). The number of hydrogen-bond donors (Lipinski definition) is 0. The average Bonchev–Trinajstić information content (AvgIpc) is 2.94. The summed E-state index contributed by atoms with van der Waals surface area (Å²) in [5.74, 6) is 2.39. The Bertz CT molecular complexity index is 533. The molecule has 1 aromatic carbocycles. The summed E-state index contributed by atoms with van der Waals surface area (Å²) >= 11 is 0. The molecule has 0 saturated carbocycles. The van der Waals surface area contributed by atoms with Crippen LogP contribution in [0.2, 0.25) is 0 Å². The zero-order valence-corrected chi connectivity index (χ0v) is 11.6. The second-order valence-electron chi connectivity index (χ2n) is 5.67. The molecule has 0 aromatic heterocycles. The number of fused-ring (bicyclic) bond motifs is 1. The summed E-state index contributed by atoms with van der Waals surface area (Å²) in [4.78, 5) is 15.8. The summed E-state index contributed by atoms with van der Waals surface area (Å²) in [6, 6.07) is 8.92. The molecule has 1 fully saturated rings. The Kier molecular flexibility index (Phi) is 3.17. The molecule has 3 heteroatoms. The molecule has 1 aromatic rings. The molecule has 0 aliphatic carbocycles. The number of nitrogens with zero attached hydrogens (tertiary/aromatic N) is 2. The lowest BCUT2D eigenvalue weighted by molar-refractivity contribution is 0.289. The zero-order chi connectivity index (χ0) is 13.4. The van der Waals surface area contributed by atoms with E-state index in [9.17, 15) is 4.79 Å².